The van der Waals surface area contributed by atoms with Gasteiger partial charge in [-0.1, -0.05) is 56.0 Å². The molecule has 27 heavy (non-hydrogen) atoms. The zero-order valence-corrected chi connectivity index (χ0v) is 16.6. The third-order valence-corrected chi connectivity index (χ3v) is 6.96. The van der Waals surface area contributed by atoms with Crippen LogP contribution in [-0.2, 0) is 4.79 Å². The fourth-order valence-corrected chi connectivity index (χ4v) is 5.40. The van der Waals surface area contributed by atoms with Gasteiger partial charge in [0.15, 0.2) is 0 Å². The summed E-state index contributed by atoms with van der Waals surface area (Å²) in [5, 5.41) is 3.39. The van der Waals surface area contributed by atoms with Crippen LogP contribution in [0.4, 0.5) is 0 Å². The van der Waals surface area contributed by atoms with E-state index in [1.165, 1.54) is 56.9 Å². The average molecular weight is 370 g/mol. The highest BCUT2D eigenvalue weighted by Gasteiger charge is 2.29. The standard InChI is InChI=1S/C23H35N3O/c27-22(18-25-14-16-26(17-15-25)21-12-6-7-13-21)24-23(20-10-4-5-11-20)19-8-2-1-3-9-19/h1-3,8-9,20-21,23H,4-7,10-18H2,(H,24,27). The predicted molar refractivity (Wildman–Crippen MR) is 110 cm³/mol. The molecule has 0 bridgehead atoms. The van der Waals surface area contributed by atoms with Gasteiger partial charge in [-0.2, -0.15) is 0 Å². The minimum absolute atomic E-state index is 0.181. The van der Waals surface area contributed by atoms with Crippen molar-refractivity contribution in [2.45, 2.75) is 63.5 Å². The molecule has 4 nitrogen and oxygen atoms in total. The number of hydrogen-bond donors (Lipinski definition) is 1. The summed E-state index contributed by atoms with van der Waals surface area (Å²) >= 11 is 0. The molecular weight excluding hydrogens is 334 g/mol. The molecule has 1 aromatic rings. The molecule has 1 unspecified atom stereocenters. The fraction of sp³-hybridized carbons (Fsp3) is 0.696. The number of piperazine rings is 1. The Balaban J connectivity index is 1.29. The molecule has 0 radical (unpaired) electrons. The van der Waals surface area contributed by atoms with Crippen LogP contribution in [0.15, 0.2) is 30.3 Å². The third kappa shape index (κ3) is 4.91. The van der Waals surface area contributed by atoms with Gasteiger partial charge in [-0.3, -0.25) is 14.6 Å². The SMILES string of the molecule is O=C(CN1CCN(C2CCCC2)CC1)NC(c1ccccc1)C1CCCC1. The molecule has 2 aliphatic carbocycles. The number of amides is 1. The van der Waals surface area contributed by atoms with Crippen LogP contribution in [-0.4, -0.2) is 54.5 Å². The van der Waals surface area contributed by atoms with Gasteiger partial charge in [-0.25, -0.2) is 0 Å². The van der Waals surface area contributed by atoms with Crippen LogP contribution in [0, 0.1) is 5.92 Å². The number of benzene rings is 1. The third-order valence-electron chi connectivity index (χ3n) is 6.96. The Kier molecular flexibility index (Phi) is 6.46. The smallest absolute Gasteiger partial charge is 0.234 e. The zero-order chi connectivity index (χ0) is 18.5. The molecule has 1 N–H and O–H groups in total. The van der Waals surface area contributed by atoms with E-state index in [4.69, 9.17) is 0 Å². The molecule has 3 fully saturated rings. The van der Waals surface area contributed by atoms with Gasteiger partial charge in [-0.05, 0) is 37.2 Å². The minimum Gasteiger partial charge on any atom is -0.348 e. The first-order valence-electron chi connectivity index (χ1n) is 11.1. The highest BCUT2D eigenvalue weighted by Crippen LogP contribution is 2.35. The highest BCUT2D eigenvalue weighted by molar-refractivity contribution is 5.78. The van der Waals surface area contributed by atoms with Crippen LogP contribution in [0.3, 0.4) is 0 Å². The summed E-state index contributed by atoms with van der Waals surface area (Å²) < 4.78 is 0. The molecule has 4 heteroatoms. The lowest BCUT2D eigenvalue weighted by molar-refractivity contribution is -0.123. The van der Waals surface area contributed by atoms with Crippen LogP contribution in [0.5, 0.6) is 0 Å². The lowest BCUT2D eigenvalue weighted by Crippen LogP contribution is -2.52. The Bertz CT molecular complexity index is 585. The van der Waals surface area contributed by atoms with Crippen LogP contribution in [0.1, 0.15) is 63.0 Å². The molecule has 3 aliphatic rings. The molecule has 1 aliphatic heterocycles. The molecule has 1 saturated heterocycles. The van der Waals surface area contributed by atoms with Crippen LogP contribution in [0.25, 0.3) is 0 Å². The van der Waals surface area contributed by atoms with E-state index in [0.717, 1.165) is 32.2 Å². The summed E-state index contributed by atoms with van der Waals surface area (Å²) in [6.45, 7) is 4.87. The van der Waals surface area contributed by atoms with Gasteiger partial charge in [-0.15, -0.1) is 0 Å². The molecule has 1 heterocycles. The number of carbonyl (C=O) groups is 1. The Labute approximate surface area is 164 Å². The molecular formula is C23H35N3O. The van der Waals surface area contributed by atoms with Gasteiger partial charge in [0.05, 0.1) is 12.6 Å². The summed E-state index contributed by atoms with van der Waals surface area (Å²) in [5.41, 5.74) is 1.27. The first-order chi connectivity index (χ1) is 13.3. The Morgan fingerprint density at radius 3 is 2.22 bits per heavy atom. The van der Waals surface area contributed by atoms with E-state index in [-0.39, 0.29) is 11.9 Å². The molecule has 148 valence electrons. The van der Waals surface area contributed by atoms with Crippen molar-refractivity contribution in [3.8, 4) is 0 Å². The van der Waals surface area contributed by atoms with E-state index in [1.54, 1.807) is 0 Å². The summed E-state index contributed by atoms with van der Waals surface area (Å²) in [7, 11) is 0. The van der Waals surface area contributed by atoms with Crippen LogP contribution >= 0.6 is 0 Å². The first-order valence-corrected chi connectivity index (χ1v) is 11.1. The minimum atomic E-state index is 0.181. The van der Waals surface area contributed by atoms with Crippen molar-refractivity contribution in [3.05, 3.63) is 35.9 Å². The van der Waals surface area contributed by atoms with Crippen molar-refractivity contribution in [2.75, 3.05) is 32.7 Å². The van der Waals surface area contributed by atoms with Gasteiger partial charge < -0.3 is 5.32 Å². The maximum Gasteiger partial charge on any atom is 0.234 e. The van der Waals surface area contributed by atoms with E-state index < -0.39 is 0 Å². The lowest BCUT2D eigenvalue weighted by Gasteiger charge is -2.38. The lowest BCUT2D eigenvalue weighted by atomic mass is 9.91. The average Bonchev–Trinajstić information content (AvgIpc) is 3.41. The Morgan fingerprint density at radius 1 is 0.926 bits per heavy atom. The quantitative estimate of drug-likeness (QED) is 0.832. The summed E-state index contributed by atoms with van der Waals surface area (Å²) in [6, 6.07) is 11.6. The number of rotatable bonds is 6. The normalized spacial score (nSPS) is 24.3. The van der Waals surface area contributed by atoms with Crippen molar-refractivity contribution >= 4 is 5.91 Å². The largest absolute Gasteiger partial charge is 0.348 e. The molecule has 1 amide bonds. The molecule has 1 aromatic carbocycles. The van der Waals surface area contributed by atoms with Gasteiger partial charge in [0, 0.05) is 32.2 Å². The first kappa shape index (κ1) is 18.9. The topological polar surface area (TPSA) is 35.6 Å². The summed E-state index contributed by atoms with van der Waals surface area (Å²) in [6.07, 6.45) is 10.6. The zero-order valence-electron chi connectivity index (χ0n) is 16.6. The van der Waals surface area contributed by atoms with Crippen LogP contribution < -0.4 is 5.32 Å². The van der Waals surface area contributed by atoms with Gasteiger partial charge in [0.2, 0.25) is 5.91 Å². The van der Waals surface area contributed by atoms with Gasteiger partial charge >= 0.3 is 0 Å². The van der Waals surface area contributed by atoms with E-state index in [2.05, 4.69) is 45.4 Å². The van der Waals surface area contributed by atoms with Gasteiger partial charge in [0.25, 0.3) is 0 Å². The van der Waals surface area contributed by atoms with E-state index >= 15 is 0 Å². The van der Waals surface area contributed by atoms with Crippen molar-refractivity contribution in [1.29, 1.82) is 0 Å². The fourth-order valence-electron chi connectivity index (χ4n) is 5.40. The number of nitrogens with zero attached hydrogens (tertiary/aromatic N) is 2. The second-order valence-corrected chi connectivity index (χ2v) is 8.75. The summed E-state index contributed by atoms with van der Waals surface area (Å²) in [5.74, 6) is 0.792. The molecule has 2 saturated carbocycles. The monoisotopic (exact) mass is 369 g/mol. The van der Waals surface area contributed by atoms with E-state index in [9.17, 15) is 4.79 Å². The Morgan fingerprint density at radius 2 is 1.56 bits per heavy atom. The Hall–Kier alpha value is -1.39. The van der Waals surface area contributed by atoms with Crippen molar-refractivity contribution in [2.24, 2.45) is 5.92 Å². The number of hydrogen-bond acceptors (Lipinski definition) is 3. The molecule has 4 rings (SSSR count). The molecule has 0 spiro atoms. The van der Waals surface area contributed by atoms with Crippen molar-refractivity contribution in [3.63, 3.8) is 0 Å². The van der Waals surface area contributed by atoms with Crippen molar-refractivity contribution < 1.29 is 4.79 Å². The van der Waals surface area contributed by atoms with E-state index in [0.29, 0.717) is 12.5 Å². The molecule has 1 atom stereocenters. The maximum absolute atomic E-state index is 12.8. The van der Waals surface area contributed by atoms with Crippen molar-refractivity contribution in [1.82, 2.24) is 15.1 Å². The summed E-state index contributed by atoms with van der Waals surface area (Å²) in [4.78, 5) is 17.8. The second-order valence-electron chi connectivity index (χ2n) is 8.75. The van der Waals surface area contributed by atoms with Gasteiger partial charge in [0.1, 0.15) is 0 Å². The van der Waals surface area contributed by atoms with E-state index in [1.807, 2.05) is 0 Å². The highest BCUT2D eigenvalue weighted by atomic mass is 16.2. The number of nitrogens with one attached hydrogen (secondary N) is 1. The van der Waals surface area contributed by atoms with Crippen LogP contribution in [0.2, 0.25) is 0 Å². The number of carbonyl (C=O) groups excluding carboxylic acids is 1. The predicted octanol–water partition coefficient (Wildman–Crippen LogP) is 3.59. The second kappa shape index (κ2) is 9.20. The maximum atomic E-state index is 12.8. The molecule has 0 aromatic heterocycles.